The maximum atomic E-state index is 12.7. The zero-order valence-corrected chi connectivity index (χ0v) is 14.1. The molecule has 0 radical (unpaired) electrons. The minimum atomic E-state index is -0.361. The Morgan fingerprint density at radius 2 is 1.88 bits per heavy atom. The smallest absolute Gasteiger partial charge is 0.228 e. The second-order valence-electron chi connectivity index (χ2n) is 6.05. The van der Waals surface area contributed by atoms with E-state index in [1.807, 2.05) is 6.07 Å². The van der Waals surface area contributed by atoms with Crippen LogP contribution < -0.4 is 14.4 Å². The molecule has 0 spiro atoms. The molecule has 0 aliphatic carbocycles. The molecule has 1 fully saturated rings. The van der Waals surface area contributed by atoms with Gasteiger partial charge in [-0.15, -0.1) is 13.2 Å². The molecule has 0 aromatic heterocycles. The van der Waals surface area contributed by atoms with Crippen molar-refractivity contribution in [1.29, 1.82) is 0 Å². The van der Waals surface area contributed by atoms with Gasteiger partial charge < -0.3 is 19.3 Å². The van der Waals surface area contributed by atoms with Crippen LogP contribution in [0.3, 0.4) is 0 Å². The molecule has 6 nitrogen and oxygen atoms in total. The summed E-state index contributed by atoms with van der Waals surface area (Å²) in [6.07, 6.45) is 3.56. The van der Waals surface area contributed by atoms with Crippen LogP contribution in [0.15, 0.2) is 43.5 Å². The second kappa shape index (κ2) is 7.42. The van der Waals surface area contributed by atoms with Crippen molar-refractivity contribution in [2.24, 2.45) is 5.92 Å². The van der Waals surface area contributed by atoms with Crippen LogP contribution in [0.4, 0.5) is 5.69 Å². The van der Waals surface area contributed by atoms with Crippen molar-refractivity contribution >= 4 is 17.5 Å². The van der Waals surface area contributed by atoms with E-state index in [0.717, 1.165) is 5.69 Å². The Labute approximate surface area is 147 Å². The van der Waals surface area contributed by atoms with E-state index < -0.39 is 0 Å². The van der Waals surface area contributed by atoms with Crippen LogP contribution >= 0.6 is 0 Å². The molecule has 132 valence electrons. The lowest BCUT2D eigenvalue weighted by Gasteiger charge is -2.24. The summed E-state index contributed by atoms with van der Waals surface area (Å²) in [4.78, 5) is 28.4. The molecule has 1 saturated heterocycles. The number of hydrogen-bond donors (Lipinski definition) is 0. The predicted octanol–water partition coefficient (Wildman–Crippen LogP) is 2.01. The van der Waals surface area contributed by atoms with Crippen molar-refractivity contribution < 1.29 is 19.1 Å². The van der Waals surface area contributed by atoms with E-state index in [4.69, 9.17) is 9.47 Å². The molecule has 2 aliphatic rings. The molecular weight excluding hydrogens is 320 g/mol. The number of benzene rings is 1. The van der Waals surface area contributed by atoms with Crippen molar-refractivity contribution in [2.75, 3.05) is 37.7 Å². The normalized spacial score (nSPS) is 18.8. The highest BCUT2D eigenvalue weighted by atomic mass is 16.6. The monoisotopic (exact) mass is 342 g/mol. The van der Waals surface area contributed by atoms with Crippen molar-refractivity contribution in [2.45, 2.75) is 6.42 Å². The Morgan fingerprint density at radius 3 is 2.56 bits per heavy atom. The number of amides is 2. The second-order valence-corrected chi connectivity index (χ2v) is 6.05. The molecule has 3 rings (SSSR count). The molecule has 1 aromatic rings. The van der Waals surface area contributed by atoms with Gasteiger partial charge in [-0.3, -0.25) is 9.59 Å². The van der Waals surface area contributed by atoms with Crippen LogP contribution in [-0.4, -0.2) is 49.6 Å². The number of rotatable bonds is 6. The molecule has 0 saturated carbocycles. The average molecular weight is 342 g/mol. The summed E-state index contributed by atoms with van der Waals surface area (Å²) < 4.78 is 11.1. The molecular formula is C19H22N2O4. The summed E-state index contributed by atoms with van der Waals surface area (Å²) in [5.41, 5.74) is 0.726. The fourth-order valence-electron chi connectivity index (χ4n) is 3.15. The highest BCUT2D eigenvalue weighted by Gasteiger charge is 2.37. The fraction of sp³-hybridized carbons (Fsp3) is 0.368. The zero-order valence-electron chi connectivity index (χ0n) is 14.1. The summed E-state index contributed by atoms with van der Waals surface area (Å²) in [7, 11) is 0. The number of nitrogens with zero attached hydrogens (tertiary/aromatic N) is 2. The van der Waals surface area contributed by atoms with E-state index in [-0.39, 0.29) is 24.2 Å². The first-order chi connectivity index (χ1) is 12.1. The van der Waals surface area contributed by atoms with Gasteiger partial charge in [-0.1, -0.05) is 12.2 Å². The van der Waals surface area contributed by atoms with E-state index in [9.17, 15) is 9.59 Å². The standard InChI is InChI=1S/C19H22N2O4/c1-3-7-20(8-4-2)19(23)14-11-18(22)21(13-14)15-5-6-16-17(12-15)25-10-9-24-16/h3-6,12,14H,1-2,7-11,13H2. The van der Waals surface area contributed by atoms with E-state index in [1.165, 1.54) is 0 Å². The maximum Gasteiger partial charge on any atom is 0.228 e. The number of anilines is 1. The molecule has 1 atom stereocenters. The molecule has 0 bridgehead atoms. The SMILES string of the molecule is C=CCN(CC=C)C(=O)C1CC(=O)N(c2ccc3c(c2)OCCO3)C1. The molecule has 0 N–H and O–H groups in total. The van der Waals surface area contributed by atoms with Gasteiger partial charge in [-0.2, -0.15) is 0 Å². The Hall–Kier alpha value is -2.76. The van der Waals surface area contributed by atoms with Crippen LogP contribution in [0.25, 0.3) is 0 Å². The lowest BCUT2D eigenvalue weighted by atomic mass is 10.1. The summed E-state index contributed by atoms with van der Waals surface area (Å²) in [5.74, 6) is 0.838. The molecule has 25 heavy (non-hydrogen) atoms. The lowest BCUT2D eigenvalue weighted by molar-refractivity contribution is -0.134. The molecule has 2 heterocycles. The first kappa shape index (κ1) is 17.1. The van der Waals surface area contributed by atoms with Gasteiger partial charge in [0.05, 0.1) is 5.92 Å². The van der Waals surface area contributed by atoms with Crippen LogP contribution in [0, 0.1) is 5.92 Å². The van der Waals surface area contributed by atoms with Crippen molar-refractivity contribution in [3.8, 4) is 11.5 Å². The summed E-state index contributed by atoms with van der Waals surface area (Å²) in [5, 5.41) is 0. The highest BCUT2D eigenvalue weighted by Crippen LogP contribution is 2.36. The van der Waals surface area contributed by atoms with Gasteiger partial charge in [0.25, 0.3) is 0 Å². The van der Waals surface area contributed by atoms with Gasteiger partial charge >= 0.3 is 0 Å². The number of hydrogen-bond acceptors (Lipinski definition) is 4. The summed E-state index contributed by atoms with van der Waals surface area (Å²) in [6.45, 7) is 9.62. The molecule has 2 aliphatic heterocycles. The van der Waals surface area contributed by atoms with Crippen LogP contribution in [-0.2, 0) is 9.59 Å². The van der Waals surface area contributed by atoms with Gasteiger partial charge in [0.2, 0.25) is 11.8 Å². The lowest BCUT2D eigenvalue weighted by Crippen LogP contribution is -2.37. The van der Waals surface area contributed by atoms with Crippen molar-refractivity contribution in [1.82, 2.24) is 4.90 Å². The van der Waals surface area contributed by atoms with Crippen LogP contribution in [0.1, 0.15) is 6.42 Å². The molecule has 6 heteroatoms. The Morgan fingerprint density at radius 1 is 1.20 bits per heavy atom. The van der Waals surface area contributed by atoms with Crippen LogP contribution in [0.5, 0.6) is 11.5 Å². The van der Waals surface area contributed by atoms with E-state index in [2.05, 4.69) is 13.2 Å². The third kappa shape index (κ3) is 3.52. The predicted molar refractivity (Wildman–Crippen MR) is 94.9 cm³/mol. The van der Waals surface area contributed by atoms with Crippen molar-refractivity contribution in [3.05, 3.63) is 43.5 Å². The first-order valence-electron chi connectivity index (χ1n) is 8.34. The zero-order chi connectivity index (χ0) is 17.8. The average Bonchev–Trinajstić information content (AvgIpc) is 3.02. The number of fused-ring (bicyclic) bond motifs is 1. The minimum absolute atomic E-state index is 0.0480. The third-order valence-corrected chi connectivity index (χ3v) is 4.32. The Balaban J connectivity index is 1.75. The number of ether oxygens (including phenoxy) is 2. The highest BCUT2D eigenvalue weighted by molar-refractivity contribution is 6.00. The van der Waals surface area contributed by atoms with Gasteiger partial charge in [-0.05, 0) is 12.1 Å². The van der Waals surface area contributed by atoms with Gasteiger partial charge in [0.1, 0.15) is 13.2 Å². The van der Waals surface area contributed by atoms with Crippen LogP contribution in [0.2, 0.25) is 0 Å². The fourth-order valence-corrected chi connectivity index (χ4v) is 3.15. The van der Waals surface area contributed by atoms with E-state index >= 15 is 0 Å². The maximum absolute atomic E-state index is 12.7. The summed E-state index contributed by atoms with van der Waals surface area (Å²) >= 11 is 0. The largest absolute Gasteiger partial charge is 0.486 e. The quantitative estimate of drug-likeness (QED) is 0.742. The number of carbonyl (C=O) groups is 2. The van der Waals surface area contributed by atoms with Gasteiger partial charge in [0, 0.05) is 37.8 Å². The van der Waals surface area contributed by atoms with Gasteiger partial charge in [-0.25, -0.2) is 0 Å². The molecule has 1 aromatic carbocycles. The topological polar surface area (TPSA) is 59.1 Å². The van der Waals surface area contributed by atoms with E-state index in [0.29, 0.717) is 44.3 Å². The first-order valence-corrected chi connectivity index (χ1v) is 8.34. The minimum Gasteiger partial charge on any atom is -0.486 e. The molecule has 1 unspecified atom stereocenters. The van der Waals surface area contributed by atoms with Crippen molar-refractivity contribution in [3.63, 3.8) is 0 Å². The molecule has 2 amide bonds. The number of carbonyl (C=O) groups excluding carboxylic acids is 2. The van der Waals surface area contributed by atoms with Gasteiger partial charge in [0.15, 0.2) is 11.5 Å². The van der Waals surface area contributed by atoms with E-state index in [1.54, 1.807) is 34.1 Å². The summed E-state index contributed by atoms with van der Waals surface area (Å²) in [6, 6.07) is 5.42. The third-order valence-electron chi connectivity index (χ3n) is 4.32. The Kier molecular flexibility index (Phi) is 5.07. The Bertz CT molecular complexity index is 691.